The van der Waals surface area contributed by atoms with Crippen LogP contribution in [0.15, 0.2) is 53.4 Å². The van der Waals surface area contributed by atoms with Crippen LogP contribution in [0.3, 0.4) is 0 Å². The molecule has 2 heterocycles. The van der Waals surface area contributed by atoms with Gasteiger partial charge in [-0.1, -0.05) is 36.4 Å². The van der Waals surface area contributed by atoms with E-state index in [1.54, 1.807) is 24.0 Å². The molecule has 0 radical (unpaired) electrons. The summed E-state index contributed by atoms with van der Waals surface area (Å²) in [7, 11) is -3.65. The summed E-state index contributed by atoms with van der Waals surface area (Å²) < 4.78 is 29.1. The number of carbonyl (C=O) groups is 1. The fourth-order valence-electron chi connectivity index (χ4n) is 4.16. The van der Waals surface area contributed by atoms with Crippen LogP contribution >= 0.6 is 0 Å². The van der Waals surface area contributed by atoms with E-state index in [2.05, 4.69) is 21.8 Å². The van der Waals surface area contributed by atoms with Gasteiger partial charge in [-0.25, -0.2) is 13.1 Å². The Morgan fingerprint density at radius 3 is 2.62 bits per heavy atom. The highest BCUT2D eigenvalue weighted by Crippen LogP contribution is 2.27. The summed E-state index contributed by atoms with van der Waals surface area (Å²) >= 11 is 0. The zero-order valence-electron chi connectivity index (χ0n) is 16.7. The van der Waals surface area contributed by atoms with Crippen LogP contribution in [-0.2, 0) is 21.4 Å². The van der Waals surface area contributed by atoms with Gasteiger partial charge in [-0.05, 0) is 43.0 Å². The number of nitrogens with one attached hydrogen (secondary N) is 1. The largest absolute Gasteiger partial charge is 0.312 e. The number of carbonyl (C=O) groups excluding carboxylic acids is 1. The average Bonchev–Trinajstić information content (AvgIpc) is 3.31. The minimum Gasteiger partial charge on any atom is -0.312 e. The molecule has 1 atom stereocenters. The number of hydrogen-bond donors (Lipinski definition) is 1. The monoisotopic (exact) mass is 413 g/mol. The molecule has 1 unspecified atom stereocenters. The third-order valence-electron chi connectivity index (χ3n) is 5.69. The lowest BCUT2D eigenvalue weighted by Crippen LogP contribution is -2.37. The van der Waals surface area contributed by atoms with Crippen molar-refractivity contribution in [2.75, 3.05) is 24.5 Å². The van der Waals surface area contributed by atoms with E-state index >= 15 is 0 Å². The van der Waals surface area contributed by atoms with Gasteiger partial charge in [-0.3, -0.25) is 9.69 Å². The fourth-order valence-corrected chi connectivity index (χ4v) is 5.69. The first-order chi connectivity index (χ1) is 13.9. The van der Waals surface area contributed by atoms with E-state index in [0.717, 1.165) is 25.9 Å². The third kappa shape index (κ3) is 4.52. The highest BCUT2D eigenvalue weighted by molar-refractivity contribution is 7.89. The fraction of sp³-hybridized carbons (Fsp3) is 0.409. The van der Waals surface area contributed by atoms with E-state index in [-0.39, 0.29) is 16.8 Å². The zero-order valence-corrected chi connectivity index (χ0v) is 17.5. The smallest absolute Gasteiger partial charge is 0.241 e. The molecule has 0 aromatic heterocycles. The summed E-state index contributed by atoms with van der Waals surface area (Å²) in [5, 5.41) is 0. The van der Waals surface area contributed by atoms with Gasteiger partial charge in [0.2, 0.25) is 15.9 Å². The van der Waals surface area contributed by atoms with Gasteiger partial charge < -0.3 is 4.90 Å². The van der Waals surface area contributed by atoms with E-state index < -0.39 is 10.0 Å². The van der Waals surface area contributed by atoms with Gasteiger partial charge in [0.25, 0.3) is 0 Å². The lowest BCUT2D eigenvalue weighted by Gasteiger charge is -2.20. The number of hydrogen-bond acceptors (Lipinski definition) is 4. The van der Waals surface area contributed by atoms with Crippen LogP contribution in [0.4, 0.5) is 5.69 Å². The van der Waals surface area contributed by atoms with Crippen LogP contribution in [0.25, 0.3) is 0 Å². The van der Waals surface area contributed by atoms with Crippen molar-refractivity contribution in [2.24, 2.45) is 0 Å². The van der Waals surface area contributed by atoms with Crippen molar-refractivity contribution in [3.05, 3.63) is 59.7 Å². The van der Waals surface area contributed by atoms with Crippen LogP contribution in [0.1, 0.15) is 30.4 Å². The van der Waals surface area contributed by atoms with Crippen LogP contribution in [0.5, 0.6) is 0 Å². The maximum Gasteiger partial charge on any atom is 0.241 e. The quantitative estimate of drug-likeness (QED) is 0.791. The topological polar surface area (TPSA) is 69.7 Å². The lowest BCUT2D eigenvalue weighted by molar-refractivity contribution is -0.117. The second-order valence-corrected chi connectivity index (χ2v) is 9.61. The van der Waals surface area contributed by atoms with Crippen molar-refractivity contribution in [2.45, 2.75) is 43.7 Å². The number of rotatable bonds is 6. The Bertz CT molecular complexity index is 992. The molecule has 2 aliphatic rings. The average molecular weight is 414 g/mol. The first-order valence-electron chi connectivity index (χ1n) is 10.1. The molecular formula is C22H27N3O3S. The molecule has 2 fully saturated rings. The normalized spacial score (nSPS) is 20.5. The Morgan fingerprint density at radius 2 is 1.90 bits per heavy atom. The molecule has 0 spiro atoms. The maximum absolute atomic E-state index is 13.1. The SMILES string of the molecule is Cc1ccc(N2CCCC2=O)cc1S(=O)(=O)NC1CCN(Cc2ccccc2)C1. The number of aryl methyl sites for hydroxylation is 1. The molecule has 0 saturated carbocycles. The molecular weight excluding hydrogens is 386 g/mol. The number of benzene rings is 2. The van der Waals surface area contributed by atoms with E-state index in [4.69, 9.17) is 0 Å². The van der Waals surface area contributed by atoms with Gasteiger partial charge in [-0.2, -0.15) is 0 Å². The van der Waals surface area contributed by atoms with Crippen molar-refractivity contribution in [1.82, 2.24) is 9.62 Å². The summed E-state index contributed by atoms with van der Waals surface area (Å²) in [6.07, 6.45) is 2.12. The second-order valence-electron chi connectivity index (χ2n) is 7.93. The minimum atomic E-state index is -3.65. The molecule has 1 N–H and O–H groups in total. The molecule has 0 aliphatic carbocycles. The van der Waals surface area contributed by atoms with Gasteiger partial charge in [0.1, 0.15) is 0 Å². The Kier molecular flexibility index (Phi) is 5.72. The summed E-state index contributed by atoms with van der Waals surface area (Å²) in [5.74, 6) is 0.0532. The molecule has 0 bridgehead atoms. The molecule has 4 rings (SSSR count). The number of sulfonamides is 1. The number of likely N-dealkylation sites (tertiary alicyclic amines) is 1. The van der Waals surface area contributed by atoms with Crippen molar-refractivity contribution < 1.29 is 13.2 Å². The molecule has 2 aromatic rings. The summed E-state index contributed by atoms with van der Waals surface area (Å²) in [5.41, 5.74) is 2.58. The van der Waals surface area contributed by atoms with Gasteiger partial charge in [0.05, 0.1) is 4.90 Å². The van der Waals surface area contributed by atoms with Gasteiger partial charge in [0.15, 0.2) is 0 Å². The van der Waals surface area contributed by atoms with Crippen LogP contribution in [-0.4, -0.2) is 44.9 Å². The molecule has 154 valence electrons. The molecule has 6 nitrogen and oxygen atoms in total. The van der Waals surface area contributed by atoms with Crippen LogP contribution in [0, 0.1) is 6.92 Å². The van der Waals surface area contributed by atoms with Crippen LogP contribution in [0.2, 0.25) is 0 Å². The highest BCUT2D eigenvalue weighted by Gasteiger charge is 2.29. The van der Waals surface area contributed by atoms with E-state index in [9.17, 15) is 13.2 Å². The molecule has 2 saturated heterocycles. The predicted molar refractivity (Wildman–Crippen MR) is 113 cm³/mol. The van der Waals surface area contributed by atoms with E-state index in [1.165, 1.54) is 5.56 Å². The molecule has 7 heteroatoms. The maximum atomic E-state index is 13.1. The highest BCUT2D eigenvalue weighted by atomic mass is 32.2. The Morgan fingerprint density at radius 1 is 1.10 bits per heavy atom. The van der Waals surface area contributed by atoms with E-state index in [1.807, 2.05) is 24.3 Å². The van der Waals surface area contributed by atoms with Crippen LogP contribution < -0.4 is 9.62 Å². The van der Waals surface area contributed by atoms with Gasteiger partial charge >= 0.3 is 0 Å². The number of anilines is 1. The first kappa shape index (κ1) is 20.1. The number of amides is 1. The second kappa shape index (κ2) is 8.26. The van der Waals surface area contributed by atoms with Crippen molar-refractivity contribution in [3.8, 4) is 0 Å². The minimum absolute atomic E-state index is 0.0532. The third-order valence-corrected chi connectivity index (χ3v) is 7.35. The van der Waals surface area contributed by atoms with Gasteiger partial charge in [0, 0.05) is 44.3 Å². The van der Waals surface area contributed by atoms with Gasteiger partial charge in [-0.15, -0.1) is 0 Å². The Labute approximate surface area is 172 Å². The number of nitrogens with zero attached hydrogens (tertiary/aromatic N) is 2. The predicted octanol–water partition coefficient (Wildman–Crippen LogP) is 2.67. The van der Waals surface area contributed by atoms with Crippen molar-refractivity contribution in [1.29, 1.82) is 0 Å². The first-order valence-corrected chi connectivity index (χ1v) is 11.6. The van der Waals surface area contributed by atoms with Crippen molar-refractivity contribution in [3.63, 3.8) is 0 Å². The molecule has 29 heavy (non-hydrogen) atoms. The lowest BCUT2D eigenvalue weighted by atomic mass is 10.2. The zero-order chi connectivity index (χ0) is 20.4. The van der Waals surface area contributed by atoms with Crippen molar-refractivity contribution >= 4 is 21.6 Å². The Hall–Kier alpha value is -2.22. The van der Waals surface area contributed by atoms with E-state index in [0.29, 0.717) is 30.8 Å². The standard InChI is InChI=1S/C22H27N3O3S/c1-17-9-10-20(25-12-5-8-22(25)26)14-21(17)29(27,28)23-19-11-13-24(16-19)15-18-6-3-2-4-7-18/h2-4,6-7,9-10,14,19,23H,5,8,11-13,15-16H2,1H3. The summed E-state index contributed by atoms with van der Waals surface area (Å²) in [6, 6.07) is 15.4. The summed E-state index contributed by atoms with van der Waals surface area (Å²) in [4.78, 5) is 16.2. The molecule has 2 aliphatic heterocycles. The summed E-state index contributed by atoms with van der Waals surface area (Å²) in [6.45, 7) is 4.82. The Balaban J connectivity index is 1.46. The molecule has 1 amide bonds. The molecule has 2 aromatic carbocycles.